The van der Waals surface area contributed by atoms with Crippen molar-refractivity contribution in [3.05, 3.63) is 41.7 Å². The number of aromatic nitrogens is 2. The van der Waals surface area contributed by atoms with Gasteiger partial charge in [0, 0.05) is 57.2 Å². The Bertz CT molecular complexity index is 872. The van der Waals surface area contributed by atoms with Gasteiger partial charge in [0.2, 0.25) is 5.91 Å². The lowest BCUT2D eigenvalue weighted by molar-refractivity contribution is -0.134. The van der Waals surface area contributed by atoms with Gasteiger partial charge in [0.05, 0.1) is 24.2 Å². The van der Waals surface area contributed by atoms with Crippen LogP contribution in [0.3, 0.4) is 0 Å². The number of imidazole rings is 1. The average molecular weight is 435 g/mol. The normalized spacial score (nSPS) is 23.2. The van der Waals surface area contributed by atoms with Crippen LogP contribution in [-0.2, 0) is 14.3 Å². The van der Waals surface area contributed by atoms with Gasteiger partial charge in [-0.2, -0.15) is 0 Å². The van der Waals surface area contributed by atoms with Crippen LogP contribution in [0.15, 0.2) is 36.7 Å². The molecule has 2 aliphatic rings. The molecule has 0 unspecified atom stereocenters. The topological polar surface area (TPSA) is 87.9 Å². The van der Waals surface area contributed by atoms with Crippen LogP contribution in [-0.4, -0.2) is 82.8 Å². The summed E-state index contributed by atoms with van der Waals surface area (Å²) in [6.45, 7) is 2.17. The van der Waals surface area contributed by atoms with Crippen LogP contribution in [0.1, 0.15) is 18.9 Å². The van der Waals surface area contributed by atoms with Crippen molar-refractivity contribution >= 4 is 24.0 Å². The maximum absolute atomic E-state index is 12.0. The van der Waals surface area contributed by atoms with Crippen LogP contribution in [0.25, 0.3) is 11.4 Å². The first-order valence-corrected chi connectivity index (χ1v) is 10.2. The number of morpholine rings is 1. The van der Waals surface area contributed by atoms with Crippen molar-refractivity contribution in [1.29, 1.82) is 0 Å². The van der Waals surface area contributed by atoms with E-state index in [0.29, 0.717) is 30.1 Å². The van der Waals surface area contributed by atoms with Crippen molar-refractivity contribution < 1.29 is 19.4 Å². The molecule has 2 aromatic rings. The van der Waals surface area contributed by atoms with Crippen molar-refractivity contribution in [2.45, 2.75) is 31.0 Å². The first-order valence-electron chi connectivity index (χ1n) is 9.86. The summed E-state index contributed by atoms with van der Waals surface area (Å²) in [6.07, 6.45) is 5.31. The van der Waals surface area contributed by atoms with E-state index in [4.69, 9.17) is 26.2 Å². The fourth-order valence-corrected chi connectivity index (χ4v) is 4.30. The molecular formula is C21H27ClN4O4. The molecule has 1 aromatic heterocycles. The molecule has 0 radical (unpaired) electrons. The van der Waals surface area contributed by atoms with E-state index >= 15 is 0 Å². The molecule has 3 heterocycles. The number of amides is 1. The number of fused-ring (bicyclic) bond motifs is 1. The number of hydrogen-bond acceptors (Lipinski definition) is 5. The summed E-state index contributed by atoms with van der Waals surface area (Å²) in [5.74, 6) is 1.02. The number of nitrogens with zero attached hydrogens (tertiary/aromatic N) is 4. The Labute approximate surface area is 181 Å². The Hall–Kier alpha value is -2.42. The fraction of sp³-hybridized carbons (Fsp3) is 0.476. The maximum atomic E-state index is 12.0. The second-order valence-corrected chi connectivity index (χ2v) is 8.10. The number of benzene rings is 1. The Kier molecular flexibility index (Phi) is 7.47. The molecule has 2 fully saturated rings. The Morgan fingerprint density at radius 1 is 1.33 bits per heavy atom. The van der Waals surface area contributed by atoms with Gasteiger partial charge in [-0.25, -0.2) is 4.98 Å². The third-order valence-electron chi connectivity index (χ3n) is 5.55. The maximum Gasteiger partial charge on any atom is 0.290 e. The molecule has 3 atom stereocenters. The third-order valence-corrected chi connectivity index (χ3v) is 5.88. The minimum absolute atomic E-state index is 0.0271. The van der Waals surface area contributed by atoms with Gasteiger partial charge in [0.15, 0.2) is 0 Å². The van der Waals surface area contributed by atoms with Gasteiger partial charge < -0.3 is 19.3 Å². The summed E-state index contributed by atoms with van der Waals surface area (Å²) >= 11 is 6.39. The predicted octanol–water partition coefficient (Wildman–Crippen LogP) is 2.40. The quantitative estimate of drug-likeness (QED) is 0.743. The molecule has 162 valence electrons. The zero-order valence-electron chi connectivity index (χ0n) is 17.1. The van der Waals surface area contributed by atoms with Crippen molar-refractivity contribution in [2.75, 3.05) is 33.8 Å². The van der Waals surface area contributed by atoms with Crippen molar-refractivity contribution in [3.8, 4) is 11.4 Å². The van der Waals surface area contributed by atoms with Gasteiger partial charge in [0.25, 0.3) is 6.47 Å². The molecule has 2 aliphatic heterocycles. The molecule has 0 bridgehead atoms. The molecule has 1 amide bonds. The van der Waals surface area contributed by atoms with Crippen LogP contribution >= 0.6 is 11.6 Å². The standard InChI is InChI=1S/C20H25ClN4O2.CH2O2/c1-23(2)19(26)10-16-12-24-11-14(9-15(24)13-27-16)25-8-7-22-20(25)17-5-3-4-6-18(17)21;2-1-3/h3-8,14-16H,9-13H2,1-2H3;1H,(H,2,3)/t14-,15+,16+;/m1./s1. The third kappa shape index (κ3) is 5.00. The lowest BCUT2D eigenvalue weighted by Crippen LogP contribution is -2.47. The summed E-state index contributed by atoms with van der Waals surface area (Å²) in [7, 11) is 3.57. The van der Waals surface area contributed by atoms with Gasteiger partial charge in [-0.1, -0.05) is 23.7 Å². The highest BCUT2D eigenvalue weighted by molar-refractivity contribution is 6.33. The van der Waals surface area contributed by atoms with Crippen LogP contribution in [0.5, 0.6) is 0 Å². The molecular weight excluding hydrogens is 408 g/mol. The minimum Gasteiger partial charge on any atom is -0.483 e. The molecule has 9 heteroatoms. The molecule has 0 spiro atoms. The van der Waals surface area contributed by atoms with E-state index in [9.17, 15) is 4.79 Å². The van der Waals surface area contributed by atoms with Crippen LogP contribution in [0, 0.1) is 0 Å². The van der Waals surface area contributed by atoms with E-state index in [1.165, 1.54) is 0 Å². The van der Waals surface area contributed by atoms with Crippen molar-refractivity contribution in [2.24, 2.45) is 0 Å². The fourth-order valence-electron chi connectivity index (χ4n) is 4.08. The number of carboxylic acid groups (broad SMARTS) is 1. The van der Waals surface area contributed by atoms with Gasteiger partial charge in [0.1, 0.15) is 5.82 Å². The summed E-state index contributed by atoms with van der Waals surface area (Å²) < 4.78 is 8.21. The Morgan fingerprint density at radius 3 is 2.77 bits per heavy atom. The highest BCUT2D eigenvalue weighted by Gasteiger charge is 2.39. The average Bonchev–Trinajstić information content (AvgIpc) is 3.35. The second kappa shape index (κ2) is 10.1. The largest absolute Gasteiger partial charge is 0.483 e. The van der Waals surface area contributed by atoms with Gasteiger partial charge in [-0.05, 0) is 18.6 Å². The van der Waals surface area contributed by atoms with Gasteiger partial charge in [-0.15, -0.1) is 0 Å². The van der Waals surface area contributed by atoms with Crippen LogP contribution in [0.2, 0.25) is 5.02 Å². The monoisotopic (exact) mass is 434 g/mol. The van der Waals surface area contributed by atoms with Gasteiger partial charge >= 0.3 is 0 Å². The van der Waals surface area contributed by atoms with E-state index < -0.39 is 0 Å². The Balaban J connectivity index is 0.000000806. The first kappa shape index (κ1) is 22.3. The molecule has 1 aromatic carbocycles. The molecule has 0 aliphatic carbocycles. The Morgan fingerprint density at radius 2 is 2.07 bits per heavy atom. The summed E-state index contributed by atoms with van der Waals surface area (Å²) in [6, 6.07) is 8.54. The number of halogens is 1. The van der Waals surface area contributed by atoms with Crippen LogP contribution in [0.4, 0.5) is 0 Å². The molecule has 2 saturated heterocycles. The minimum atomic E-state index is -0.250. The van der Waals surface area contributed by atoms with E-state index in [0.717, 1.165) is 30.9 Å². The van der Waals surface area contributed by atoms with E-state index in [1.807, 2.05) is 36.7 Å². The predicted molar refractivity (Wildman–Crippen MR) is 113 cm³/mol. The van der Waals surface area contributed by atoms with E-state index in [1.54, 1.807) is 19.0 Å². The summed E-state index contributed by atoms with van der Waals surface area (Å²) in [5, 5.41) is 7.60. The van der Waals surface area contributed by atoms with Crippen LogP contribution < -0.4 is 0 Å². The van der Waals surface area contributed by atoms with Crippen molar-refractivity contribution in [3.63, 3.8) is 0 Å². The highest BCUT2D eigenvalue weighted by atomic mass is 35.5. The van der Waals surface area contributed by atoms with E-state index in [2.05, 4.69) is 14.5 Å². The summed E-state index contributed by atoms with van der Waals surface area (Å²) in [4.78, 5) is 29.0. The molecule has 1 N–H and O–H groups in total. The lowest BCUT2D eigenvalue weighted by Gasteiger charge is -2.35. The molecule has 4 rings (SSSR count). The summed E-state index contributed by atoms with van der Waals surface area (Å²) in [5.41, 5.74) is 0.958. The molecule has 0 saturated carbocycles. The first-order chi connectivity index (χ1) is 14.4. The second-order valence-electron chi connectivity index (χ2n) is 7.69. The SMILES string of the molecule is CN(C)C(=O)C[C@H]1CN2C[C@H](n3ccnc3-c3ccccc3Cl)C[C@H]2CO1.O=CO. The number of ether oxygens (including phenoxy) is 1. The van der Waals surface area contributed by atoms with E-state index in [-0.39, 0.29) is 18.5 Å². The smallest absolute Gasteiger partial charge is 0.290 e. The van der Waals surface area contributed by atoms with Gasteiger partial charge in [-0.3, -0.25) is 14.5 Å². The number of rotatable bonds is 4. The molecule has 8 nitrogen and oxygen atoms in total. The zero-order valence-corrected chi connectivity index (χ0v) is 17.9. The highest BCUT2D eigenvalue weighted by Crippen LogP contribution is 2.35. The number of carbonyl (C=O) groups is 2. The van der Waals surface area contributed by atoms with Crippen molar-refractivity contribution in [1.82, 2.24) is 19.4 Å². The lowest BCUT2D eigenvalue weighted by atomic mass is 10.1. The number of carbonyl (C=O) groups excluding carboxylic acids is 1. The molecule has 30 heavy (non-hydrogen) atoms. The zero-order chi connectivity index (χ0) is 21.7. The number of hydrogen-bond donors (Lipinski definition) is 1.